The zero-order chi connectivity index (χ0) is 16.4. The number of para-hydroxylation sites is 1. The van der Waals surface area contributed by atoms with Gasteiger partial charge in [-0.3, -0.25) is 15.1 Å². The third kappa shape index (κ3) is 3.16. The molecule has 5 nitrogen and oxygen atoms in total. The number of nitrogens with zero attached hydrogens (tertiary/aromatic N) is 3. The Morgan fingerprint density at radius 2 is 2.00 bits per heavy atom. The maximum absolute atomic E-state index is 12.0. The molecule has 8 heteroatoms. The summed E-state index contributed by atoms with van der Waals surface area (Å²) in [6.07, 6.45) is 1.78. The van der Waals surface area contributed by atoms with Gasteiger partial charge in [0.15, 0.2) is 4.34 Å². The summed E-state index contributed by atoms with van der Waals surface area (Å²) >= 11 is 4.27. The smallest absolute Gasteiger partial charge is 0.267 e. The first kappa shape index (κ1) is 15.3. The van der Waals surface area contributed by atoms with Crippen molar-refractivity contribution in [3.63, 3.8) is 0 Å². The molecule has 24 heavy (non-hydrogen) atoms. The average molecular weight is 370 g/mol. The molecule has 0 radical (unpaired) electrons. The van der Waals surface area contributed by atoms with Crippen LogP contribution in [0.1, 0.15) is 9.67 Å². The number of hydrogen-bond acceptors (Lipinski definition) is 7. The van der Waals surface area contributed by atoms with E-state index in [0.29, 0.717) is 10.0 Å². The van der Waals surface area contributed by atoms with Gasteiger partial charge < -0.3 is 0 Å². The Kier molecular flexibility index (Phi) is 4.24. The van der Waals surface area contributed by atoms with Crippen LogP contribution in [0.2, 0.25) is 0 Å². The molecule has 4 aromatic rings. The van der Waals surface area contributed by atoms with E-state index in [1.165, 1.54) is 34.4 Å². The number of benzene rings is 1. The van der Waals surface area contributed by atoms with E-state index in [4.69, 9.17) is 0 Å². The minimum Gasteiger partial charge on any atom is -0.296 e. The Labute approximate surface area is 149 Å². The fourth-order valence-corrected chi connectivity index (χ4v) is 4.57. The van der Waals surface area contributed by atoms with Gasteiger partial charge in [-0.1, -0.05) is 47.4 Å². The number of thiophene rings is 1. The highest BCUT2D eigenvalue weighted by atomic mass is 32.2. The summed E-state index contributed by atoms with van der Waals surface area (Å²) in [6, 6.07) is 13.5. The monoisotopic (exact) mass is 370 g/mol. The molecule has 0 unspecified atom stereocenters. The summed E-state index contributed by atoms with van der Waals surface area (Å²) in [5.41, 5.74) is 0.943. The molecule has 0 saturated heterocycles. The van der Waals surface area contributed by atoms with Crippen molar-refractivity contribution in [1.29, 1.82) is 0 Å². The van der Waals surface area contributed by atoms with Crippen LogP contribution in [0.3, 0.4) is 0 Å². The van der Waals surface area contributed by atoms with Gasteiger partial charge in [-0.05, 0) is 23.6 Å². The van der Waals surface area contributed by atoms with Crippen LogP contribution >= 0.6 is 34.4 Å². The van der Waals surface area contributed by atoms with Gasteiger partial charge in [0.1, 0.15) is 0 Å². The molecular formula is C16H10N4OS3. The molecule has 1 amide bonds. The highest BCUT2D eigenvalue weighted by Crippen LogP contribution is 2.35. The van der Waals surface area contributed by atoms with E-state index in [1.54, 1.807) is 12.3 Å². The first-order valence-electron chi connectivity index (χ1n) is 6.99. The third-order valence-electron chi connectivity index (χ3n) is 3.18. The van der Waals surface area contributed by atoms with Crippen molar-refractivity contribution < 1.29 is 4.79 Å². The van der Waals surface area contributed by atoms with Crippen molar-refractivity contribution in [3.8, 4) is 0 Å². The summed E-state index contributed by atoms with van der Waals surface area (Å²) in [4.78, 5) is 18.1. The molecule has 3 heterocycles. The second-order valence-electron chi connectivity index (χ2n) is 4.73. The Bertz CT molecular complexity index is 992. The highest BCUT2D eigenvalue weighted by Gasteiger charge is 2.12. The van der Waals surface area contributed by atoms with Gasteiger partial charge in [-0.25, -0.2) is 0 Å². The van der Waals surface area contributed by atoms with Gasteiger partial charge in [0.05, 0.1) is 10.4 Å². The molecule has 1 N–H and O–H groups in total. The molecule has 1 aromatic carbocycles. The van der Waals surface area contributed by atoms with E-state index in [0.717, 1.165) is 20.1 Å². The predicted octanol–water partition coefficient (Wildman–Crippen LogP) is 4.55. The number of pyridine rings is 1. The van der Waals surface area contributed by atoms with Crippen LogP contribution in [-0.2, 0) is 0 Å². The van der Waals surface area contributed by atoms with E-state index < -0.39 is 0 Å². The maximum atomic E-state index is 12.0. The average Bonchev–Trinajstić information content (AvgIpc) is 3.27. The van der Waals surface area contributed by atoms with Crippen LogP contribution in [0, 0.1) is 0 Å². The van der Waals surface area contributed by atoms with E-state index in [1.807, 2.05) is 41.8 Å². The summed E-state index contributed by atoms with van der Waals surface area (Å²) in [5, 5.41) is 14.4. The lowest BCUT2D eigenvalue weighted by Crippen LogP contribution is -2.09. The number of carbonyl (C=O) groups excluding carboxylic acids is 1. The van der Waals surface area contributed by atoms with Gasteiger partial charge in [-0.2, -0.15) is 0 Å². The summed E-state index contributed by atoms with van der Waals surface area (Å²) in [5.74, 6) is -0.160. The Balaban J connectivity index is 1.54. The fraction of sp³-hybridized carbons (Fsp3) is 0. The number of amides is 1. The number of anilines is 1. The van der Waals surface area contributed by atoms with Gasteiger partial charge >= 0.3 is 0 Å². The Morgan fingerprint density at radius 1 is 1.08 bits per heavy atom. The minimum atomic E-state index is -0.160. The van der Waals surface area contributed by atoms with Crippen LogP contribution in [0.4, 0.5) is 5.13 Å². The molecule has 0 aliphatic rings. The van der Waals surface area contributed by atoms with Crippen molar-refractivity contribution in [3.05, 3.63) is 58.9 Å². The van der Waals surface area contributed by atoms with Gasteiger partial charge in [-0.15, -0.1) is 21.5 Å². The Hall–Kier alpha value is -2.29. The number of rotatable bonds is 4. The van der Waals surface area contributed by atoms with Crippen LogP contribution in [-0.4, -0.2) is 21.1 Å². The molecule has 0 spiro atoms. The SMILES string of the molecule is O=C(Nc1nnc(Sc2ccnc3ccccc23)s1)c1cccs1. The summed E-state index contributed by atoms with van der Waals surface area (Å²) in [7, 11) is 0. The first-order chi connectivity index (χ1) is 11.8. The zero-order valence-electron chi connectivity index (χ0n) is 12.2. The Morgan fingerprint density at radius 3 is 2.88 bits per heavy atom. The lowest BCUT2D eigenvalue weighted by atomic mass is 10.2. The van der Waals surface area contributed by atoms with E-state index in [-0.39, 0.29) is 5.91 Å². The second kappa shape index (κ2) is 6.68. The van der Waals surface area contributed by atoms with E-state index in [9.17, 15) is 4.79 Å². The number of nitrogens with one attached hydrogen (secondary N) is 1. The maximum Gasteiger partial charge on any atom is 0.267 e. The van der Waals surface area contributed by atoms with Gasteiger partial charge in [0.2, 0.25) is 5.13 Å². The molecule has 0 fully saturated rings. The van der Waals surface area contributed by atoms with Crippen LogP contribution in [0.25, 0.3) is 10.9 Å². The van der Waals surface area contributed by atoms with E-state index >= 15 is 0 Å². The van der Waals surface area contributed by atoms with Gasteiger partial charge in [0, 0.05) is 16.5 Å². The van der Waals surface area contributed by atoms with E-state index in [2.05, 4.69) is 20.5 Å². The summed E-state index contributed by atoms with van der Waals surface area (Å²) < 4.78 is 0.771. The molecule has 0 atom stereocenters. The van der Waals surface area contributed by atoms with Crippen molar-refractivity contribution in [2.24, 2.45) is 0 Å². The van der Waals surface area contributed by atoms with Crippen molar-refractivity contribution in [1.82, 2.24) is 15.2 Å². The zero-order valence-corrected chi connectivity index (χ0v) is 14.6. The second-order valence-corrected chi connectivity index (χ2v) is 7.95. The molecule has 4 rings (SSSR count). The van der Waals surface area contributed by atoms with Crippen LogP contribution in [0.5, 0.6) is 0 Å². The predicted molar refractivity (Wildman–Crippen MR) is 98.0 cm³/mol. The molecule has 0 aliphatic heterocycles. The number of fused-ring (bicyclic) bond motifs is 1. The standard InChI is InChI=1S/C16H10N4OS3/c21-14(13-6-3-9-22-13)18-15-19-20-16(24-15)23-12-7-8-17-11-5-2-1-4-10(11)12/h1-9H,(H,18,19,21). The van der Waals surface area contributed by atoms with Crippen molar-refractivity contribution in [2.45, 2.75) is 9.24 Å². The third-order valence-corrected chi connectivity index (χ3v) is 6.01. The van der Waals surface area contributed by atoms with Gasteiger partial charge in [0.25, 0.3) is 5.91 Å². The minimum absolute atomic E-state index is 0.160. The number of aromatic nitrogens is 3. The summed E-state index contributed by atoms with van der Waals surface area (Å²) in [6.45, 7) is 0. The topological polar surface area (TPSA) is 67.8 Å². The van der Waals surface area contributed by atoms with Crippen LogP contribution < -0.4 is 5.32 Å². The first-order valence-corrected chi connectivity index (χ1v) is 9.51. The normalized spacial score (nSPS) is 10.8. The molecule has 0 saturated carbocycles. The van der Waals surface area contributed by atoms with Crippen LogP contribution in [0.15, 0.2) is 63.3 Å². The number of hydrogen-bond donors (Lipinski definition) is 1. The molecule has 3 aromatic heterocycles. The fourth-order valence-electron chi connectivity index (χ4n) is 2.12. The highest BCUT2D eigenvalue weighted by molar-refractivity contribution is 8.01. The molecule has 0 bridgehead atoms. The number of carbonyl (C=O) groups is 1. The molecule has 0 aliphatic carbocycles. The largest absolute Gasteiger partial charge is 0.296 e. The van der Waals surface area contributed by atoms with Crippen molar-refractivity contribution >= 4 is 56.4 Å². The quantitative estimate of drug-likeness (QED) is 0.534. The molecular weight excluding hydrogens is 360 g/mol. The lowest BCUT2D eigenvalue weighted by molar-refractivity contribution is 0.103. The lowest BCUT2D eigenvalue weighted by Gasteiger charge is -2.02. The molecule has 118 valence electrons. The van der Waals surface area contributed by atoms with Crippen molar-refractivity contribution in [2.75, 3.05) is 5.32 Å².